The van der Waals surface area contributed by atoms with Gasteiger partial charge in [0.25, 0.3) is 0 Å². The highest BCUT2D eigenvalue weighted by Crippen LogP contribution is 2.38. The summed E-state index contributed by atoms with van der Waals surface area (Å²) in [4.78, 5) is 18.6. The van der Waals surface area contributed by atoms with E-state index in [1.54, 1.807) is 0 Å². The molecule has 6 rings (SSSR count). The van der Waals surface area contributed by atoms with Gasteiger partial charge >= 0.3 is 0 Å². The lowest BCUT2D eigenvalue weighted by Gasteiger charge is -2.32. The normalized spacial score (nSPS) is 14.7. The second-order valence-corrected chi connectivity index (χ2v) is 12.5. The van der Waals surface area contributed by atoms with Gasteiger partial charge in [-0.15, -0.1) is 0 Å². The van der Waals surface area contributed by atoms with E-state index < -0.39 is 0 Å². The van der Waals surface area contributed by atoms with E-state index in [1.807, 2.05) is 19.9 Å². The molecule has 1 saturated heterocycles. The van der Waals surface area contributed by atoms with Crippen molar-refractivity contribution < 1.29 is 4.79 Å². The van der Waals surface area contributed by atoms with E-state index in [9.17, 15) is 4.79 Å². The van der Waals surface area contributed by atoms with Crippen molar-refractivity contribution >= 4 is 49.2 Å². The number of hydrogen-bond acceptors (Lipinski definition) is 2. The van der Waals surface area contributed by atoms with Crippen molar-refractivity contribution in [2.45, 2.75) is 45.4 Å². The molecule has 0 unspecified atom stereocenters. The Morgan fingerprint density at radius 3 is 2.54 bits per heavy atom. The standard InChI is InChI=1S/C36H38BrN3O/c1-24(2)36(41)38-28-11-7-10-27(23-28)25-18-21-40(22-19-25)20-8-14-30-31-17-16-26-9-3-4-12-29(26)34(31)39-35(30)32-13-5-6-15-33(32)37/h3-7,9-13,15-17,23-25,39H,8,14,18-22H2,1-2H3,(H,38,41). The highest BCUT2D eigenvalue weighted by atomic mass is 79.9. The summed E-state index contributed by atoms with van der Waals surface area (Å²) >= 11 is 3.80. The zero-order valence-corrected chi connectivity index (χ0v) is 25.5. The van der Waals surface area contributed by atoms with Crippen LogP contribution >= 0.6 is 15.9 Å². The Bertz CT molecular complexity index is 1680. The van der Waals surface area contributed by atoms with Crippen LogP contribution in [0.5, 0.6) is 0 Å². The topological polar surface area (TPSA) is 48.1 Å². The molecule has 5 aromatic rings. The molecule has 2 N–H and O–H groups in total. The number of carbonyl (C=O) groups excluding carboxylic acids is 1. The van der Waals surface area contributed by atoms with Crippen molar-refractivity contribution in [3.63, 3.8) is 0 Å². The van der Waals surface area contributed by atoms with Crippen LogP contribution < -0.4 is 5.32 Å². The first kappa shape index (κ1) is 27.7. The third-order valence-corrected chi connectivity index (χ3v) is 9.28. The van der Waals surface area contributed by atoms with Crippen LogP contribution in [0.25, 0.3) is 32.9 Å². The van der Waals surface area contributed by atoms with Gasteiger partial charge in [-0.25, -0.2) is 0 Å². The molecule has 1 aromatic heterocycles. The van der Waals surface area contributed by atoms with Crippen molar-refractivity contribution in [2.75, 3.05) is 25.0 Å². The largest absolute Gasteiger partial charge is 0.354 e. The molecular weight excluding hydrogens is 570 g/mol. The van der Waals surface area contributed by atoms with Gasteiger partial charge in [-0.2, -0.15) is 0 Å². The van der Waals surface area contributed by atoms with Gasteiger partial charge < -0.3 is 15.2 Å². The molecule has 1 amide bonds. The Hall–Kier alpha value is -3.41. The zero-order chi connectivity index (χ0) is 28.3. The van der Waals surface area contributed by atoms with Gasteiger partial charge in [-0.3, -0.25) is 4.79 Å². The van der Waals surface area contributed by atoms with Crippen molar-refractivity contribution in [3.8, 4) is 11.3 Å². The smallest absolute Gasteiger partial charge is 0.226 e. The predicted molar refractivity (Wildman–Crippen MR) is 176 cm³/mol. The van der Waals surface area contributed by atoms with Crippen LogP contribution in [0.4, 0.5) is 5.69 Å². The van der Waals surface area contributed by atoms with E-state index in [-0.39, 0.29) is 11.8 Å². The molecule has 4 nitrogen and oxygen atoms in total. The van der Waals surface area contributed by atoms with Gasteiger partial charge in [-0.05, 0) is 85.9 Å². The van der Waals surface area contributed by atoms with Gasteiger partial charge in [0.15, 0.2) is 0 Å². The number of fused-ring (bicyclic) bond motifs is 3. The maximum atomic E-state index is 12.2. The van der Waals surface area contributed by atoms with E-state index in [0.29, 0.717) is 5.92 Å². The molecule has 1 aliphatic rings. The zero-order valence-electron chi connectivity index (χ0n) is 23.9. The number of rotatable bonds is 8. The first-order valence-corrected chi connectivity index (χ1v) is 15.7. The number of aryl methyl sites for hydroxylation is 1. The minimum absolute atomic E-state index is 0.0178. The number of halogens is 1. The van der Waals surface area contributed by atoms with Gasteiger partial charge in [-0.1, -0.05) is 96.5 Å². The Morgan fingerprint density at radius 2 is 1.73 bits per heavy atom. The average Bonchev–Trinajstić information content (AvgIpc) is 3.36. The third kappa shape index (κ3) is 5.98. The van der Waals surface area contributed by atoms with Crippen molar-refractivity contribution in [2.24, 2.45) is 5.92 Å². The molecule has 0 bridgehead atoms. The SMILES string of the molecule is CC(C)C(=O)Nc1cccc(C2CCN(CCCc3c(-c4ccccc4Br)[nH]c4c3ccc3ccccc34)CC2)c1. The lowest BCUT2D eigenvalue weighted by Crippen LogP contribution is -2.33. The Labute approximate surface area is 251 Å². The minimum atomic E-state index is -0.0178. The molecule has 1 aliphatic heterocycles. The number of amides is 1. The molecule has 0 saturated carbocycles. The third-order valence-electron chi connectivity index (χ3n) is 8.59. The van der Waals surface area contributed by atoms with Crippen LogP contribution in [0.15, 0.2) is 89.4 Å². The molecule has 0 radical (unpaired) electrons. The number of likely N-dealkylation sites (tertiary alicyclic amines) is 1. The fraction of sp³-hybridized carbons (Fsp3) is 0.306. The Morgan fingerprint density at radius 1 is 0.951 bits per heavy atom. The summed E-state index contributed by atoms with van der Waals surface area (Å²) in [5, 5.41) is 6.93. The minimum Gasteiger partial charge on any atom is -0.354 e. The molecule has 1 fully saturated rings. The quantitative estimate of drug-likeness (QED) is 0.185. The Balaban J connectivity index is 1.14. The molecular formula is C36H38BrN3O. The summed E-state index contributed by atoms with van der Waals surface area (Å²) in [5.41, 5.74) is 7.35. The lowest BCUT2D eigenvalue weighted by atomic mass is 9.89. The second kappa shape index (κ2) is 12.2. The summed E-state index contributed by atoms with van der Waals surface area (Å²) in [6.45, 7) is 7.19. The Kier molecular flexibility index (Phi) is 8.27. The molecule has 4 aromatic carbocycles. The van der Waals surface area contributed by atoms with E-state index in [1.165, 1.54) is 44.1 Å². The number of aromatic nitrogens is 1. The average molecular weight is 609 g/mol. The van der Waals surface area contributed by atoms with Crippen LogP contribution in [0, 0.1) is 5.92 Å². The molecule has 0 atom stereocenters. The van der Waals surface area contributed by atoms with E-state index in [4.69, 9.17) is 0 Å². The lowest BCUT2D eigenvalue weighted by molar-refractivity contribution is -0.118. The van der Waals surface area contributed by atoms with Gasteiger partial charge in [0.05, 0.1) is 11.2 Å². The number of anilines is 1. The number of H-pyrrole nitrogens is 1. The maximum absolute atomic E-state index is 12.2. The number of nitrogens with one attached hydrogen (secondary N) is 2. The maximum Gasteiger partial charge on any atom is 0.226 e. The van der Waals surface area contributed by atoms with Crippen LogP contribution in [-0.4, -0.2) is 35.4 Å². The fourth-order valence-electron chi connectivity index (χ4n) is 6.27. The van der Waals surface area contributed by atoms with E-state index >= 15 is 0 Å². The molecule has 0 aliphatic carbocycles. The number of piperidine rings is 1. The highest BCUT2D eigenvalue weighted by molar-refractivity contribution is 9.10. The summed E-state index contributed by atoms with van der Waals surface area (Å²) in [6, 6.07) is 30.2. The molecule has 5 heteroatoms. The monoisotopic (exact) mass is 607 g/mol. The first-order valence-electron chi connectivity index (χ1n) is 14.9. The number of aromatic amines is 1. The highest BCUT2D eigenvalue weighted by Gasteiger charge is 2.22. The molecule has 210 valence electrons. The van der Waals surface area contributed by atoms with Crippen molar-refractivity contribution in [3.05, 3.63) is 101 Å². The van der Waals surface area contributed by atoms with Crippen molar-refractivity contribution in [1.82, 2.24) is 9.88 Å². The predicted octanol–water partition coefficient (Wildman–Crippen LogP) is 9.16. The number of hydrogen-bond donors (Lipinski definition) is 2. The summed E-state index contributed by atoms with van der Waals surface area (Å²) < 4.78 is 1.12. The molecule has 41 heavy (non-hydrogen) atoms. The van der Waals surface area contributed by atoms with Gasteiger partial charge in [0.2, 0.25) is 5.91 Å². The number of benzene rings is 4. The second-order valence-electron chi connectivity index (χ2n) is 11.7. The van der Waals surface area contributed by atoms with Crippen LogP contribution in [0.1, 0.15) is 50.2 Å². The molecule has 0 spiro atoms. The van der Waals surface area contributed by atoms with Crippen LogP contribution in [0.3, 0.4) is 0 Å². The summed E-state index contributed by atoms with van der Waals surface area (Å²) in [7, 11) is 0. The van der Waals surface area contributed by atoms with E-state index in [2.05, 4.69) is 110 Å². The number of nitrogens with zero attached hydrogens (tertiary/aromatic N) is 1. The summed E-state index contributed by atoms with van der Waals surface area (Å²) in [5.74, 6) is 0.602. The van der Waals surface area contributed by atoms with Crippen LogP contribution in [-0.2, 0) is 11.2 Å². The van der Waals surface area contributed by atoms with Crippen molar-refractivity contribution in [1.29, 1.82) is 0 Å². The molecule has 2 heterocycles. The number of carbonyl (C=O) groups is 1. The summed E-state index contributed by atoms with van der Waals surface area (Å²) in [6.07, 6.45) is 4.47. The van der Waals surface area contributed by atoms with Crippen LogP contribution in [0.2, 0.25) is 0 Å². The van der Waals surface area contributed by atoms with Gasteiger partial charge in [0, 0.05) is 32.4 Å². The van der Waals surface area contributed by atoms with E-state index in [0.717, 1.165) is 55.5 Å². The fourth-order valence-corrected chi connectivity index (χ4v) is 6.76. The first-order chi connectivity index (χ1) is 20.0. The van der Waals surface area contributed by atoms with Gasteiger partial charge in [0.1, 0.15) is 0 Å².